The molecule has 118 valence electrons. The molecule has 0 aliphatic rings. The van der Waals surface area contributed by atoms with E-state index in [-0.39, 0.29) is 16.8 Å². The Morgan fingerprint density at radius 2 is 1.91 bits per heavy atom. The Kier molecular flexibility index (Phi) is 4.93. The average Bonchev–Trinajstić information content (AvgIpc) is 2.43. The Labute approximate surface area is 135 Å². The number of aryl methyl sites for hydroxylation is 1. The third kappa shape index (κ3) is 4.11. The zero-order chi connectivity index (χ0) is 16.3. The van der Waals surface area contributed by atoms with Crippen LogP contribution in [0.25, 0.3) is 0 Å². The molecule has 0 saturated heterocycles. The molecule has 1 aromatic carbocycles. The zero-order valence-corrected chi connectivity index (χ0v) is 14.2. The van der Waals surface area contributed by atoms with Gasteiger partial charge < -0.3 is 5.32 Å². The summed E-state index contributed by atoms with van der Waals surface area (Å²) >= 11 is 5.92. The molecular weight excluding hydrogens is 322 g/mol. The van der Waals surface area contributed by atoms with E-state index in [0.717, 1.165) is 5.69 Å². The summed E-state index contributed by atoms with van der Waals surface area (Å²) in [6, 6.07) is 8.23. The number of anilines is 2. The van der Waals surface area contributed by atoms with Gasteiger partial charge >= 0.3 is 0 Å². The predicted octanol–water partition coefficient (Wildman–Crippen LogP) is 3.66. The van der Waals surface area contributed by atoms with Gasteiger partial charge in [0, 0.05) is 11.1 Å². The van der Waals surface area contributed by atoms with Gasteiger partial charge in [0.15, 0.2) is 0 Å². The Morgan fingerprint density at radius 1 is 1.18 bits per heavy atom. The minimum absolute atomic E-state index is 0.153. The van der Waals surface area contributed by atoms with E-state index in [1.165, 1.54) is 12.1 Å². The number of hydrogen-bond donors (Lipinski definition) is 2. The average molecular weight is 340 g/mol. The molecule has 0 amide bonds. The van der Waals surface area contributed by atoms with Crippen molar-refractivity contribution < 1.29 is 8.42 Å². The molecule has 2 rings (SSSR count). The lowest BCUT2D eigenvalue weighted by molar-refractivity contribution is 0.601. The number of benzene rings is 1. The molecule has 0 radical (unpaired) electrons. The Bertz CT molecular complexity index is 759. The first-order chi connectivity index (χ1) is 10.3. The molecule has 0 aliphatic heterocycles. The summed E-state index contributed by atoms with van der Waals surface area (Å²) in [5.74, 6) is 0.266. The lowest BCUT2D eigenvalue weighted by Gasteiger charge is -2.11. The highest BCUT2D eigenvalue weighted by atomic mass is 35.5. The largest absolute Gasteiger partial charge is 0.382 e. The van der Waals surface area contributed by atoms with Crippen LogP contribution in [-0.2, 0) is 10.0 Å². The molecule has 22 heavy (non-hydrogen) atoms. The van der Waals surface area contributed by atoms with E-state index in [1.54, 1.807) is 31.3 Å². The summed E-state index contributed by atoms with van der Waals surface area (Å²) in [4.78, 5) is 4.26. The van der Waals surface area contributed by atoms with E-state index in [9.17, 15) is 8.42 Å². The number of nitrogens with one attached hydrogen (secondary N) is 2. The van der Waals surface area contributed by atoms with Crippen LogP contribution in [-0.4, -0.2) is 19.4 Å². The number of hydrogen-bond acceptors (Lipinski definition) is 4. The van der Waals surface area contributed by atoms with Crippen molar-refractivity contribution in [1.29, 1.82) is 0 Å². The molecule has 0 unspecified atom stereocenters. The summed E-state index contributed by atoms with van der Waals surface area (Å²) in [6.45, 7) is 5.78. The van der Waals surface area contributed by atoms with Crippen molar-refractivity contribution in [3.63, 3.8) is 0 Å². The second-order valence-corrected chi connectivity index (χ2v) is 7.34. The quantitative estimate of drug-likeness (QED) is 0.872. The molecule has 1 aromatic heterocycles. The van der Waals surface area contributed by atoms with Crippen LogP contribution >= 0.6 is 11.6 Å². The second-order valence-electron chi connectivity index (χ2n) is 5.25. The van der Waals surface area contributed by atoms with E-state index in [0.29, 0.717) is 10.6 Å². The molecule has 2 N–H and O–H groups in total. The van der Waals surface area contributed by atoms with Crippen molar-refractivity contribution in [1.82, 2.24) is 4.98 Å². The van der Waals surface area contributed by atoms with Crippen molar-refractivity contribution in [3.8, 4) is 0 Å². The van der Waals surface area contributed by atoms with Crippen LogP contribution in [0.2, 0.25) is 5.02 Å². The highest BCUT2D eigenvalue weighted by Gasteiger charge is 2.15. The number of nitrogens with zero attached hydrogens (tertiary/aromatic N) is 1. The molecule has 0 fully saturated rings. The van der Waals surface area contributed by atoms with Gasteiger partial charge in [0.1, 0.15) is 5.82 Å². The van der Waals surface area contributed by atoms with Crippen molar-refractivity contribution in [2.75, 3.05) is 10.0 Å². The van der Waals surface area contributed by atoms with Gasteiger partial charge in [-0.05, 0) is 56.7 Å². The monoisotopic (exact) mass is 339 g/mol. The summed E-state index contributed by atoms with van der Waals surface area (Å²) in [5.41, 5.74) is 1.54. The minimum Gasteiger partial charge on any atom is -0.382 e. The van der Waals surface area contributed by atoms with Crippen LogP contribution in [0.4, 0.5) is 11.5 Å². The smallest absolute Gasteiger partial charge is 0.263 e. The van der Waals surface area contributed by atoms with Gasteiger partial charge in [-0.25, -0.2) is 13.4 Å². The Balaban J connectivity index is 2.19. The SMILES string of the molecule is Cc1cc(S(=O)(=O)Nc2ccc(NC(C)C)cn2)ccc1Cl. The van der Waals surface area contributed by atoms with Gasteiger partial charge in [-0.3, -0.25) is 4.72 Å². The highest BCUT2D eigenvalue weighted by molar-refractivity contribution is 7.92. The molecule has 0 aliphatic carbocycles. The molecule has 5 nitrogen and oxygen atoms in total. The maximum atomic E-state index is 12.3. The number of halogens is 1. The number of sulfonamides is 1. The van der Waals surface area contributed by atoms with Crippen molar-refractivity contribution in [2.24, 2.45) is 0 Å². The van der Waals surface area contributed by atoms with Crippen molar-refractivity contribution in [2.45, 2.75) is 31.7 Å². The normalized spacial score (nSPS) is 11.5. The molecule has 2 aromatic rings. The van der Waals surface area contributed by atoms with Gasteiger partial charge in [0.25, 0.3) is 10.0 Å². The lowest BCUT2D eigenvalue weighted by Crippen LogP contribution is -2.14. The van der Waals surface area contributed by atoms with Crippen LogP contribution in [0.1, 0.15) is 19.4 Å². The molecule has 1 heterocycles. The number of pyridine rings is 1. The van der Waals surface area contributed by atoms with E-state index in [2.05, 4.69) is 15.0 Å². The Hall–Kier alpha value is -1.79. The minimum atomic E-state index is -3.68. The number of rotatable bonds is 5. The van der Waals surface area contributed by atoms with E-state index in [4.69, 9.17) is 11.6 Å². The fourth-order valence-corrected chi connectivity index (χ4v) is 3.06. The third-order valence-electron chi connectivity index (χ3n) is 2.90. The van der Waals surface area contributed by atoms with Gasteiger partial charge in [-0.1, -0.05) is 11.6 Å². The van der Waals surface area contributed by atoms with Crippen LogP contribution in [0.5, 0.6) is 0 Å². The molecule has 0 bridgehead atoms. The summed E-state index contributed by atoms with van der Waals surface area (Å²) in [5, 5.41) is 3.71. The highest BCUT2D eigenvalue weighted by Crippen LogP contribution is 2.21. The maximum absolute atomic E-state index is 12.3. The first-order valence-electron chi connectivity index (χ1n) is 6.79. The molecular formula is C15H18ClN3O2S. The first kappa shape index (κ1) is 16.6. The molecule has 0 atom stereocenters. The van der Waals surface area contributed by atoms with Gasteiger partial charge in [0.05, 0.1) is 16.8 Å². The van der Waals surface area contributed by atoms with Crippen molar-refractivity contribution in [3.05, 3.63) is 47.1 Å². The summed E-state index contributed by atoms with van der Waals surface area (Å²) in [7, 11) is -3.68. The van der Waals surface area contributed by atoms with E-state index in [1.807, 2.05) is 13.8 Å². The van der Waals surface area contributed by atoms with Crippen LogP contribution < -0.4 is 10.0 Å². The first-order valence-corrected chi connectivity index (χ1v) is 8.65. The summed E-state index contributed by atoms with van der Waals surface area (Å²) in [6.07, 6.45) is 1.59. The fourth-order valence-electron chi connectivity index (χ4n) is 1.85. The van der Waals surface area contributed by atoms with Crippen LogP contribution in [0.3, 0.4) is 0 Å². The van der Waals surface area contributed by atoms with Crippen LogP contribution in [0.15, 0.2) is 41.4 Å². The van der Waals surface area contributed by atoms with E-state index >= 15 is 0 Å². The molecule has 0 saturated carbocycles. The Morgan fingerprint density at radius 3 is 2.45 bits per heavy atom. The van der Waals surface area contributed by atoms with Crippen LogP contribution in [0, 0.1) is 6.92 Å². The van der Waals surface area contributed by atoms with Gasteiger partial charge in [0.2, 0.25) is 0 Å². The lowest BCUT2D eigenvalue weighted by atomic mass is 10.2. The predicted molar refractivity (Wildman–Crippen MR) is 90.0 cm³/mol. The van der Waals surface area contributed by atoms with Crippen molar-refractivity contribution >= 4 is 33.1 Å². The molecule has 7 heteroatoms. The standard InChI is InChI=1S/C15H18ClN3O2S/c1-10(2)18-12-4-7-15(17-9-12)19-22(20,21)13-5-6-14(16)11(3)8-13/h4-10,18H,1-3H3,(H,17,19). The van der Waals surface area contributed by atoms with Gasteiger partial charge in [-0.2, -0.15) is 0 Å². The third-order valence-corrected chi connectivity index (χ3v) is 4.67. The fraction of sp³-hybridized carbons (Fsp3) is 0.267. The summed E-state index contributed by atoms with van der Waals surface area (Å²) < 4.78 is 27.1. The van der Waals surface area contributed by atoms with E-state index < -0.39 is 10.0 Å². The topological polar surface area (TPSA) is 71.1 Å². The molecule has 0 spiro atoms. The maximum Gasteiger partial charge on any atom is 0.263 e. The number of aromatic nitrogens is 1. The van der Waals surface area contributed by atoms with Gasteiger partial charge in [-0.15, -0.1) is 0 Å². The second kappa shape index (κ2) is 6.54. The zero-order valence-electron chi connectivity index (χ0n) is 12.6.